The van der Waals surface area contributed by atoms with E-state index in [1.165, 1.54) is 36.0 Å². The third kappa shape index (κ3) is 6.84. The third-order valence-corrected chi connectivity index (χ3v) is 4.52. The Labute approximate surface area is 147 Å². The average Bonchev–Trinajstić information content (AvgIpc) is 2.46. The van der Waals surface area contributed by atoms with Gasteiger partial charge in [-0.2, -0.15) is 0 Å². The van der Waals surface area contributed by atoms with Crippen molar-refractivity contribution in [2.24, 2.45) is 5.41 Å². The monoisotopic (exact) mass is 328 g/mol. The van der Waals surface area contributed by atoms with Gasteiger partial charge in [-0.05, 0) is 62.7 Å². The second-order valence-electron chi connectivity index (χ2n) is 7.36. The van der Waals surface area contributed by atoms with E-state index in [0.29, 0.717) is 0 Å². The van der Waals surface area contributed by atoms with Crippen molar-refractivity contribution in [3.8, 4) is 0 Å². The molecule has 1 N–H and O–H groups in total. The summed E-state index contributed by atoms with van der Waals surface area (Å²) in [6, 6.07) is 0. The summed E-state index contributed by atoms with van der Waals surface area (Å²) in [5, 5.41) is 8.73. The van der Waals surface area contributed by atoms with E-state index in [1.807, 2.05) is 19.1 Å². The second kappa shape index (κ2) is 9.58. The van der Waals surface area contributed by atoms with Crippen LogP contribution in [0.25, 0.3) is 0 Å². The Morgan fingerprint density at radius 3 is 2.54 bits per heavy atom. The summed E-state index contributed by atoms with van der Waals surface area (Å²) in [5.74, 6) is -0.0396. The minimum absolute atomic E-state index is 0.0396. The summed E-state index contributed by atoms with van der Waals surface area (Å²) in [6.45, 7) is 10.8. The van der Waals surface area contributed by atoms with E-state index in [1.54, 1.807) is 6.08 Å². The molecular formula is C22H32O2. The average molecular weight is 328 g/mol. The first-order valence-electron chi connectivity index (χ1n) is 8.81. The number of aliphatic hydroxyl groups excluding tert-OH is 1. The van der Waals surface area contributed by atoms with E-state index in [4.69, 9.17) is 5.11 Å². The topological polar surface area (TPSA) is 37.3 Å². The third-order valence-electron chi connectivity index (χ3n) is 4.52. The van der Waals surface area contributed by atoms with Gasteiger partial charge in [-0.1, -0.05) is 55.4 Å². The van der Waals surface area contributed by atoms with Gasteiger partial charge in [0.25, 0.3) is 0 Å². The van der Waals surface area contributed by atoms with Gasteiger partial charge < -0.3 is 5.11 Å². The minimum atomic E-state index is -0.0955. The van der Waals surface area contributed by atoms with Crippen LogP contribution in [0.3, 0.4) is 0 Å². The highest BCUT2D eigenvalue weighted by atomic mass is 16.3. The Balaban J connectivity index is 2.73. The van der Waals surface area contributed by atoms with E-state index < -0.39 is 0 Å². The summed E-state index contributed by atoms with van der Waals surface area (Å²) in [7, 11) is 0. The molecule has 1 aliphatic carbocycles. The number of hydrogen-bond donors (Lipinski definition) is 1. The Morgan fingerprint density at radius 2 is 1.92 bits per heavy atom. The quantitative estimate of drug-likeness (QED) is 0.497. The molecule has 0 saturated carbocycles. The molecule has 0 bridgehead atoms. The largest absolute Gasteiger partial charge is 0.396 e. The molecule has 0 unspecified atom stereocenters. The first kappa shape index (κ1) is 20.4. The van der Waals surface area contributed by atoms with Gasteiger partial charge in [0, 0.05) is 6.42 Å². The lowest BCUT2D eigenvalue weighted by molar-refractivity contribution is -0.115. The zero-order chi connectivity index (χ0) is 18.2. The van der Waals surface area contributed by atoms with Crippen LogP contribution < -0.4 is 0 Å². The predicted molar refractivity (Wildman–Crippen MR) is 103 cm³/mol. The maximum atomic E-state index is 11.4. The van der Waals surface area contributed by atoms with Crippen molar-refractivity contribution in [2.75, 3.05) is 6.61 Å². The summed E-state index contributed by atoms with van der Waals surface area (Å²) in [4.78, 5) is 11.4. The molecule has 1 rings (SSSR count). The van der Waals surface area contributed by atoms with Gasteiger partial charge in [-0.3, -0.25) is 4.79 Å². The van der Waals surface area contributed by atoms with Crippen LogP contribution in [0.15, 0.2) is 58.7 Å². The number of hydrogen-bond acceptors (Lipinski definition) is 2. The molecule has 2 nitrogen and oxygen atoms in total. The summed E-state index contributed by atoms with van der Waals surface area (Å²) in [6.07, 6.45) is 15.9. The van der Waals surface area contributed by atoms with E-state index in [-0.39, 0.29) is 24.2 Å². The SMILES string of the molecule is CC1=C(/C=C/C(C)=C/C=C/C(C)=C/C(=O)CCO)C(C)(C)CCC1. The van der Waals surface area contributed by atoms with Crippen molar-refractivity contribution in [3.05, 3.63) is 58.7 Å². The van der Waals surface area contributed by atoms with Crippen LogP contribution in [0.2, 0.25) is 0 Å². The molecular weight excluding hydrogens is 296 g/mol. The molecule has 1 aliphatic rings. The molecule has 0 aliphatic heterocycles. The lowest BCUT2D eigenvalue weighted by Crippen LogP contribution is -2.19. The smallest absolute Gasteiger partial charge is 0.158 e. The molecule has 0 atom stereocenters. The number of carbonyl (C=O) groups excluding carboxylic acids is 1. The number of ketones is 1. The Kier molecular flexibility index (Phi) is 8.14. The van der Waals surface area contributed by atoms with Gasteiger partial charge in [0.1, 0.15) is 0 Å². The lowest BCUT2D eigenvalue weighted by atomic mass is 9.72. The van der Waals surface area contributed by atoms with Gasteiger partial charge in [0.2, 0.25) is 0 Å². The van der Waals surface area contributed by atoms with Crippen LogP contribution in [-0.4, -0.2) is 17.5 Å². The summed E-state index contributed by atoms with van der Waals surface area (Å²) in [5.41, 5.74) is 5.32. The van der Waals surface area contributed by atoms with Gasteiger partial charge in [-0.15, -0.1) is 0 Å². The maximum absolute atomic E-state index is 11.4. The normalized spacial score (nSPS) is 19.6. The maximum Gasteiger partial charge on any atom is 0.158 e. The molecule has 0 spiro atoms. The first-order valence-corrected chi connectivity index (χ1v) is 8.81. The van der Waals surface area contributed by atoms with E-state index in [9.17, 15) is 4.79 Å². The van der Waals surface area contributed by atoms with Crippen molar-refractivity contribution in [2.45, 2.75) is 60.3 Å². The predicted octanol–water partition coefficient (Wildman–Crippen LogP) is 5.47. The van der Waals surface area contributed by atoms with Gasteiger partial charge >= 0.3 is 0 Å². The van der Waals surface area contributed by atoms with Gasteiger partial charge in [0.05, 0.1) is 6.61 Å². The zero-order valence-electron chi connectivity index (χ0n) is 15.9. The lowest BCUT2D eigenvalue weighted by Gasteiger charge is -2.32. The number of rotatable bonds is 7. The van der Waals surface area contributed by atoms with E-state index >= 15 is 0 Å². The zero-order valence-corrected chi connectivity index (χ0v) is 15.9. The van der Waals surface area contributed by atoms with Crippen LogP contribution in [0.5, 0.6) is 0 Å². The Bertz CT molecular complexity index is 595. The molecule has 0 radical (unpaired) electrons. The van der Waals surface area contributed by atoms with Crippen LogP contribution in [0.1, 0.15) is 60.3 Å². The van der Waals surface area contributed by atoms with Crippen molar-refractivity contribution in [1.29, 1.82) is 0 Å². The molecule has 0 fully saturated rings. The van der Waals surface area contributed by atoms with Crippen molar-refractivity contribution in [3.63, 3.8) is 0 Å². The number of carbonyl (C=O) groups is 1. The van der Waals surface area contributed by atoms with Crippen molar-refractivity contribution in [1.82, 2.24) is 0 Å². The van der Waals surface area contributed by atoms with Crippen LogP contribution in [0, 0.1) is 5.41 Å². The summed E-state index contributed by atoms with van der Waals surface area (Å²) < 4.78 is 0. The molecule has 0 aromatic carbocycles. The van der Waals surface area contributed by atoms with Gasteiger partial charge in [0.15, 0.2) is 5.78 Å². The highest BCUT2D eigenvalue weighted by Crippen LogP contribution is 2.40. The molecule has 0 heterocycles. The van der Waals surface area contributed by atoms with Crippen molar-refractivity contribution >= 4 is 5.78 Å². The highest BCUT2D eigenvalue weighted by molar-refractivity contribution is 5.90. The number of aliphatic hydroxyl groups is 1. The van der Waals surface area contributed by atoms with E-state index in [2.05, 4.69) is 45.9 Å². The van der Waals surface area contributed by atoms with Crippen LogP contribution in [-0.2, 0) is 4.79 Å². The van der Waals surface area contributed by atoms with Gasteiger partial charge in [-0.25, -0.2) is 0 Å². The Morgan fingerprint density at radius 1 is 1.21 bits per heavy atom. The fraction of sp³-hybridized carbons (Fsp3) is 0.500. The molecule has 132 valence electrons. The molecule has 0 aromatic rings. The molecule has 0 amide bonds. The fourth-order valence-corrected chi connectivity index (χ4v) is 3.12. The second-order valence-corrected chi connectivity index (χ2v) is 7.36. The summed E-state index contributed by atoms with van der Waals surface area (Å²) >= 11 is 0. The first-order chi connectivity index (χ1) is 11.3. The van der Waals surface area contributed by atoms with E-state index in [0.717, 1.165) is 5.57 Å². The number of allylic oxidation sites excluding steroid dienone is 10. The standard InChI is InChI=1S/C22H32O2/c1-17(8-6-9-18(2)16-20(24)13-15-23)11-12-21-19(3)10-7-14-22(21,4)5/h6,8-9,11-12,16,23H,7,10,13-15H2,1-5H3/b9-6+,12-11+,17-8+,18-16+. The molecule has 0 aromatic heterocycles. The van der Waals surface area contributed by atoms with Crippen LogP contribution >= 0.6 is 0 Å². The highest BCUT2D eigenvalue weighted by Gasteiger charge is 2.26. The van der Waals surface area contributed by atoms with Crippen LogP contribution in [0.4, 0.5) is 0 Å². The molecule has 2 heteroatoms. The molecule has 24 heavy (non-hydrogen) atoms. The minimum Gasteiger partial charge on any atom is -0.396 e. The fourth-order valence-electron chi connectivity index (χ4n) is 3.12. The Hall–Kier alpha value is -1.67. The molecule has 0 saturated heterocycles. The van der Waals surface area contributed by atoms with Crippen molar-refractivity contribution < 1.29 is 9.90 Å².